The Labute approximate surface area is 217 Å². The summed E-state index contributed by atoms with van der Waals surface area (Å²) in [7, 11) is -2.76. The Morgan fingerprint density at radius 3 is 2.89 bits per heavy atom. The Bertz CT molecular complexity index is 1180. The lowest BCUT2D eigenvalue weighted by Crippen LogP contribution is -2.43. The van der Waals surface area contributed by atoms with Crippen LogP contribution in [-0.2, 0) is 32.9 Å². The lowest BCUT2D eigenvalue weighted by molar-refractivity contribution is -0.143. The number of aromatic nitrogens is 3. The number of nitrogens with zero attached hydrogens (tertiary/aromatic N) is 3. The molecule has 2 amide bonds. The molecule has 5 atom stereocenters. The molecule has 0 bridgehead atoms. The van der Waals surface area contributed by atoms with Gasteiger partial charge in [-0.1, -0.05) is 12.1 Å². The van der Waals surface area contributed by atoms with Crippen molar-refractivity contribution in [1.29, 1.82) is 0 Å². The summed E-state index contributed by atoms with van der Waals surface area (Å²) in [5.74, 6) is -0.613. The Balaban J connectivity index is 1.42. The van der Waals surface area contributed by atoms with E-state index in [9.17, 15) is 14.4 Å². The summed E-state index contributed by atoms with van der Waals surface area (Å²) >= 11 is 0. The van der Waals surface area contributed by atoms with E-state index in [0.717, 1.165) is 19.4 Å². The molecule has 200 valence electrons. The van der Waals surface area contributed by atoms with Crippen LogP contribution in [0.15, 0.2) is 24.4 Å². The van der Waals surface area contributed by atoms with Crippen LogP contribution in [-0.4, -0.2) is 70.3 Å². The molecule has 5 rings (SSSR count). The molecule has 11 nitrogen and oxygen atoms in total. The lowest BCUT2D eigenvalue weighted by atomic mass is 9.82. The fourth-order valence-corrected chi connectivity index (χ4v) is 8.92. The Kier molecular flexibility index (Phi) is 6.96. The van der Waals surface area contributed by atoms with Crippen molar-refractivity contribution >= 4 is 31.5 Å². The molecule has 0 aliphatic carbocycles. The Morgan fingerprint density at radius 2 is 2.19 bits per heavy atom. The minimum atomic E-state index is -2.76. The molecule has 1 aromatic heterocycles. The zero-order valence-corrected chi connectivity index (χ0v) is 22.5. The van der Waals surface area contributed by atoms with Gasteiger partial charge in [-0.3, -0.25) is 14.3 Å². The van der Waals surface area contributed by atoms with Crippen molar-refractivity contribution in [3.8, 4) is 0 Å². The average Bonchev–Trinajstić information content (AvgIpc) is 3.61. The van der Waals surface area contributed by atoms with Gasteiger partial charge in [0, 0.05) is 54.2 Å². The number of fused-ring (bicyclic) bond motifs is 2. The summed E-state index contributed by atoms with van der Waals surface area (Å²) in [6, 6.07) is 5.21. The van der Waals surface area contributed by atoms with Gasteiger partial charge in [0.05, 0.1) is 17.8 Å². The predicted molar refractivity (Wildman–Crippen MR) is 139 cm³/mol. The topological polar surface area (TPSA) is 151 Å². The number of hydrogen-bond donors (Lipinski definition) is 5. The summed E-state index contributed by atoms with van der Waals surface area (Å²) in [6.07, 6.45) is 4.18. The molecule has 5 N–H and O–H groups in total. The minimum absolute atomic E-state index is 0.00493. The standard InChI is InChI=1S/C25H36N6O5Si/c1-15-22(37(2,3)35)21(8-11-31-14-17(9-12-32)29-30-31)36-25(15)18-13-16(6-7-19(18)28-24(25)34)27-23(33)20-5-4-10-26-20/h6-7,13-15,20-22,26,32,35H,4-5,8-12H2,1-3H3,(H,27,33)(H,28,34)/t15-,20+,21+,22-,25+/m0/s1. The van der Waals surface area contributed by atoms with Crippen LogP contribution in [0.2, 0.25) is 18.6 Å². The summed E-state index contributed by atoms with van der Waals surface area (Å²) in [5.41, 5.74) is 1.22. The molecule has 12 heteroatoms. The molecular weight excluding hydrogens is 492 g/mol. The van der Waals surface area contributed by atoms with Gasteiger partial charge in [0.2, 0.25) is 5.91 Å². The van der Waals surface area contributed by atoms with E-state index in [1.165, 1.54) is 0 Å². The second-order valence-corrected chi connectivity index (χ2v) is 14.9. The summed E-state index contributed by atoms with van der Waals surface area (Å²) in [4.78, 5) is 37.5. The fourth-order valence-electron chi connectivity index (χ4n) is 6.32. The number of nitrogens with one attached hydrogen (secondary N) is 3. The van der Waals surface area contributed by atoms with E-state index in [4.69, 9.17) is 9.84 Å². The van der Waals surface area contributed by atoms with Crippen LogP contribution in [0.3, 0.4) is 0 Å². The second-order valence-electron chi connectivity index (χ2n) is 10.9. The van der Waals surface area contributed by atoms with Crippen LogP contribution in [0.1, 0.15) is 37.4 Å². The largest absolute Gasteiger partial charge is 0.432 e. The monoisotopic (exact) mass is 528 g/mol. The van der Waals surface area contributed by atoms with Crippen molar-refractivity contribution in [2.24, 2.45) is 5.92 Å². The van der Waals surface area contributed by atoms with Crippen molar-refractivity contribution in [1.82, 2.24) is 20.3 Å². The van der Waals surface area contributed by atoms with Gasteiger partial charge < -0.3 is 30.6 Å². The van der Waals surface area contributed by atoms with E-state index in [-0.39, 0.29) is 42.0 Å². The fraction of sp³-hybridized carbons (Fsp3) is 0.600. The maximum absolute atomic E-state index is 13.5. The van der Waals surface area contributed by atoms with Crippen molar-refractivity contribution in [2.75, 3.05) is 23.8 Å². The number of carbonyl (C=O) groups is 2. The van der Waals surface area contributed by atoms with Crippen LogP contribution in [0.25, 0.3) is 0 Å². The number of aliphatic hydroxyl groups is 1. The van der Waals surface area contributed by atoms with Crippen LogP contribution in [0, 0.1) is 5.92 Å². The maximum Gasteiger partial charge on any atom is 0.261 e. The molecule has 3 aliphatic rings. The third-order valence-corrected chi connectivity index (χ3v) is 10.5. The van der Waals surface area contributed by atoms with Gasteiger partial charge in [0.25, 0.3) is 5.91 Å². The van der Waals surface area contributed by atoms with Crippen LogP contribution >= 0.6 is 0 Å². The highest BCUT2D eigenvalue weighted by atomic mass is 28.4. The number of carbonyl (C=O) groups excluding carboxylic acids is 2. The average molecular weight is 529 g/mol. The molecule has 2 aromatic rings. The van der Waals surface area contributed by atoms with Crippen LogP contribution in [0.4, 0.5) is 11.4 Å². The highest BCUT2D eigenvalue weighted by Crippen LogP contribution is 2.58. The number of hydrogen-bond acceptors (Lipinski definition) is 8. The van der Waals surface area contributed by atoms with E-state index in [1.54, 1.807) is 23.0 Å². The summed E-state index contributed by atoms with van der Waals surface area (Å²) in [5, 5.41) is 26.5. The third kappa shape index (κ3) is 4.72. The minimum Gasteiger partial charge on any atom is -0.432 e. The van der Waals surface area contributed by atoms with Crippen LogP contribution < -0.4 is 16.0 Å². The first-order valence-electron chi connectivity index (χ1n) is 13.0. The predicted octanol–water partition coefficient (Wildman–Crippen LogP) is 1.34. The number of benzene rings is 1. The molecule has 1 aromatic carbocycles. The van der Waals surface area contributed by atoms with Gasteiger partial charge in [-0.05, 0) is 57.1 Å². The highest BCUT2D eigenvalue weighted by molar-refractivity contribution is 6.71. The van der Waals surface area contributed by atoms with Crippen molar-refractivity contribution in [2.45, 2.75) is 75.5 Å². The second kappa shape index (κ2) is 9.91. The van der Waals surface area contributed by atoms with E-state index in [0.29, 0.717) is 42.0 Å². The SMILES string of the molecule is C[C@H]1[C@H]([Si](C)(C)O)[C@@H](CCn2cc(CCO)nn2)O[C@]12C(=O)Nc1ccc(NC(=O)[C@H]3CCCN3)cc12. The Hall–Kier alpha value is -2.64. The third-order valence-electron chi connectivity index (χ3n) is 7.98. The first-order chi connectivity index (χ1) is 17.6. The number of aliphatic hydroxyl groups excluding tert-OH is 1. The summed E-state index contributed by atoms with van der Waals surface area (Å²) < 4.78 is 8.38. The number of aryl methyl sites for hydroxylation is 1. The van der Waals surface area contributed by atoms with Gasteiger partial charge >= 0.3 is 0 Å². The molecule has 37 heavy (non-hydrogen) atoms. The van der Waals surface area contributed by atoms with Gasteiger partial charge in [0.1, 0.15) is 0 Å². The molecule has 2 fully saturated rings. The van der Waals surface area contributed by atoms with E-state index in [1.807, 2.05) is 26.1 Å². The van der Waals surface area contributed by atoms with Gasteiger partial charge in [-0.25, -0.2) is 0 Å². The van der Waals surface area contributed by atoms with E-state index < -0.39 is 13.9 Å². The molecule has 2 saturated heterocycles. The number of rotatable bonds is 8. The Morgan fingerprint density at radius 1 is 1.38 bits per heavy atom. The van der Waals surface area contributed by atoms with Gasteiger partial charge in [-0.15, -0.1) is 5.10 Å². The van der Waals surface area contributed by atoms with Crippen LogP contribution in [0.5, 0.6) is 0 Å². The summed E-state index contributed by atoms with van der Waals surface area (Å²) in [6.45, 7) is 7.09. The molecular formula is C25H36N6O5Si. The van der Waals surface area contributed by atoms with Gasteiger partial charge in [0.15, 0.2) is 13.9 Å². The highest BCUT2D eigenvalue weighted by Gasteiger charge is 2.64. The van der Waals surface area contributed by atoms with E-state index in [2.05, 4.69) is 26.3 Å². The molecule has 1 spiro atoms. The van der Waals surface area contributed by atoms with Crippen molar-refractivity contribution in [3.63, 3.8) is 0 Å². The molecule has 4 heterocycles. The quantitative estimate of drug-likeness (QED) is 0.322. The maximum atomic E-state index is 13.5. The van der Waals surface area contributed by atoms with Gasteiger partial charge in [-0.2, -0.15) is 0 Å². The zero-order chi connectivity index (χ0) is 26.4. The molecule has 0 unspecified atom stereocenters. The first kappa shape index (κ1) is 26.0. The smallest absolute Gasteiger partial charge is 0.261 e. The normalized spacial score (nSPS) is 29.1. The molecule has 0 radical (unpaired) electrons. The van der Waals surface area contributed by atoms with Crippen molar-refractivity contribution < 1.29 is 24.2 Å². The molecule has 0 saturated carbocycles. The first-order valence-corrected chi connectivity index (χ1v) is 16.1. The lowest BCUT2D eigenvalue weighted by Gasteiger charge is -2.32. The van der Waals surface area contributed by atoms with E-state index >= 15 is 0 Å². The zero-order valence-electron chi connectivity index (χ0n) is 21.5. The number of amides is 2. The number of ether oxygens (including phenoxy) is 1. The molecule has 3 aliphatic heterocycles. The van der Waals surface area contributed by atoms with Crippen molar-refractivity contribution in [3.05, 3.63) is 35.7 Å². The number of anilines is 2.